The van der Waals surface area contributed by atoms with Crippen LogP contribution in [0.4, 0.5) is 0 Å². The zero-order valence-electron chi connectivity index (χ0n) is 18.1. The molecule has 172 valence electrons. The first-order valence-electron chi connectivity index (χ1n) is 10.5. The number of nitrogens with one attached hydrogen (secondary N) is 1. The van der Waals surface area contributed by atoms with Crippen molar-refractivity contribution >= 4 is 30.7 Å². The molecule has 0 saturated heterocycles. The number of rotatable bonds is 9. The van der Waals surface area contributed by atoms with E-state index >= 15 is 0 Å². The Morgan fingerprint density at radius 2 is 1.76 bits per heavy atom. The topological polar surface area (TPSA) is 128 Å². The highest BCUT2D eigenvalue weighted by atomic mass is 16.7. The number of carbonyl (C=O) groups excluding carboxylic acids is 4. The molecule has 2 aromatic rings. The van der Waals surface area contributed by atoms with Gasteiger partial charge in [0.05, 0.1) is 11.5 Å². The molecule has 1 aliphatic rings. The molecule has 0 unspecified atom stereocenters. The lowest BCUT2D eigenvalue weighted by molar-refractivity contribution is -0.121. The number of para-hydroxylation sites is 1. The molecule has 1 aliphatic heterocycles. The summed E-state index contributed by atoms with van der Waals surface area (Å²) in [6.45, 7) is 0.876. The van der Waals surface area contributed by atoms with Crippen LogP contribution in [-0.4, -0.2) is 48.5 Å². The van der Waals surface area contributed by atoms with Gasteiger partial charge in [0.2, 0.25) is 12.7 Å². The Balaban J connectivity index is 1.57. The highest BCUT2D eigenvalue weighted by Crippen LogP contribution is 2.30. The Morgan fingerprint density at radius 3 is 2.48 bits per heavy atom. The van der Waals surface area contributed by atoms with E-state index in [2.05, 4.69) is 5.32 Å². The summed E-state index contributed by atoms with van der Waals surface area (Å²) in [6, 6.07) is 13.1. The fourth-order valence-corrected chi connectivity index (χ4v) is 3.36. The molecule has 0 aliphatic carbocycles. The van der Waals surface area contributed by atoms with Gasteiger partial charge in [-0.25, -0.2) is 9.59 Å². The third-order valence-corrected chi connectivity index (χ3v) is 5.01. The minimum atomic E-state index is -1.38. The molecule has 33 heavy (non-hydrogen) atoms. The molecular formula is C23H24BNO8. The zero-order valence-corrected chi connectivity index (χ0v) is 18.1. The molecular weight excluding hydrogens is 429 g/mol. The van der Waals surface area contributed by atoms with E-state index in [-0.39, 0.29) is 35.8 Å². The molecule has 2 N–H and O–H groups in total. The minimum absolute atomic E-state index is 0.00649. The van der Waals surface area contributed by atoms with Crippen LogP contribution in [0.1, 0.15) is 52.5 Å². The van der Waals surface area contributed by atoms with Gasteiger partial charge in [0, 0.05) is 12.8 Å². The maximum Gasteiger partial charge on any atom is 0.547 e. The fourth-order valence-electron chi connectivity index (χ4n) is 3.36. The third kappa shape index (κ3) is 6.66. The molecule has 0 aromatic heterocycles. The number of fused-ring (bicyclic) bond motifs is 1. The number of benzene rings is 2. The summed E-state index contributed by atoms with van der Waals surface area (Å²) in [6.07, 6.45) is 1.13. The number of carbonyl (C=O) groups is 4. The molecule has 10 heteroatoms. The lowest BCUT2D eigenvalue weighted by Gasteiger charge is -2.29. The summed E-state index contributed by atoms with van der Waals surface area (Å²) < 4.78 is 15.5. The van der Waals surface area contributed by atoms with Gasteiger partial charge in [-0.15, -0.1) is 0 Å². The monoisotopic (exact) mass is 453 g/mol. The van der Waals surface area contributed by atoms with Crippen molar-refractivity contribution in [3.63, 3.8) is 0 Å². The van der Waals surface area contributed by atoms with Gasteiger partial charge in [0.1, 0.15) is 17.1 Å². The van der Waals surface area contributed by atoms with Gasteiger partial charge in [-0.2, -0.15) is 0 Å². The normalized spacial score (nSPS) is 14.5. The van der Waals surface area contributed by atoms with Crippen LogP contribution in [0.15, 0.2) is 48.5 Å². The molecule has 1 atom stereocenters. The first kappa shape index (κ1) is 24.0. The maximum absolute atomic E-state index is 12.5. The van der Waals surface area contributed by atoms with Gasteiger partial charge in [-0.3, -0.25) is 4.79 Å². The van der Waals surface area contributed by atoms with E-state index in [0.717, 1.165) is 0 Å². The van der Waals surface area contributed by atoms with Gasteiger partial charge in [-0.1, -0.05) is 30.3 Å². The predicted molar refractivity (Wildman–Crippen MR) is 117 cm³/mol. The van der Waals surface area contributed by atoms with Crippen LogP contribution in [0.2, 0.25) is 0 Å². The van der Waals surface area contributed by atoms with Gasteiger partial charge in [-0.05, 0) is 43.5 Å². The van der Waals surface area contributed by atoms with Crippen LogP contribution in [0.3, 0.4) is 0 Å². The molecule has 9 nitrogen and oxygen atoms in total. The molecule has 3 rings (SSSR count). The smallest absolute Gasteiger partial charge is 0.534 e. The predicted octanol–water partition coefficient (Wildman–Crippen LogP) is 1.86. The van der Waals surface area contributed by atoms with E-state index in [1.54, 1.807) is 42.5 Å². The van der Waals surface area contributed by atoms with Crippen LogP contribution >= 0.6 is 0 Å². The van der Waals surface area contributed by atoms with Gasteiger partial charge >= 0.3 is 19.1 Å². The minimum Gasteiger partial charge on any atom is -0.534 e. The molecule has 1 heterocycles. The largest absolute Gasteiger partial charge is 0.547 e. The molecule has 0 spiro atoms. The lowest BCUT2D eigenvalue weighted by Crippen LogP contribution is -2.53. The van der Waals surface area contributed by atoms with Gasteiger partial charge in [0.15, 0.2) is 0 Å². The third-order valence-electron chi connectivity index (χ3n) is 5.01. The van der Waals surface area contributed by atoms with Crippen LogP contribution in [0.25, 0.3) is 0 Å². The van der Waals surface area contributed by atoms with Crippen molar-refractivity contribution in [2.45, 2.75) is 38.5 Å². The summed E-state index contributed by atoms with van der Waals surface area (Å²) in [5.41, 5.74) is 0.991. The molecule has 2 aromatic carbocycles. The number of hydrogen-bond donors (Lipinski definition) is 2. The number of amides is 1. The standard InChI is InChI=1S/C23H24BNO8/c1-15(26)7-5-12-20(27)25-19-13-17-10-6-11-18(21(17)33-24(19)30)23(29)32-14-31-22(28)16-8-3-2-4-9-16/h2-4,6,8-11,19,30H,5,7,12-14H2,1H3,(H,25,27)/t19-/m0/s1. The van der Waals surface area contributed by atoms with E-state index in [9.17, 15) is 24.2 Å². The second-order valence-electron chi connectivity index (χ2n) is 7.58. The molecule has 0 radical (unpaired) electrons. The Morgan fingerprint density at radius 1 is 1.03 bits per heavy atom. The summed E-state index contributed by atoms with van der Waals surface area (Å²) in [7, 11) is -1.38. The lowest BCUT2D eigenvalue weighted by atomic mass is 9.72. The van der Waals surface area contributed by atoms with Crippen molar-refractivity contribution in [1.29, 1.82) is 0 Å². The van der Waals surface area contributed by atoms with Crippen molar-refractivity contribution in [2.75, 3.05) is 6.79 Å². The summed E-state index contributed by atoms with van der Waals surface area (Å²) in [5, 5.41) is 13.0. The molecule has 0 saturated carbocycles. The van der Waals surface area contributed by atoms with Crippen LogP contribution in [-0.2, 0) is 25.5 Å². The van der Waals surface area contributed by atoms with Crippen molar-refractivity contribution in [3.05, 3.63) is 65.2 Å². The highest BCUT2D eigenvalue weighted by molar-refractivity contribution is 6.47. The van der Waals surface area contributed by atoms with Crippen molar-refractivity contribution in [1.82, 2.24) is 5.32 Å². The van der Waals surface area contributed by atoms with Crippen LogP contribution in [0, 0.1) is 0 Å². The number of ether oxygens (including phenoxy) is 2. The zero-order chi connectivity index (χ0) is 23.8. The summed E-state index contributed by atoms with van der Waals surface area (Å²) in [4.78, 5) is 47.5. The number of ketones is 1. The second kappa shape index (κ2) is 11.3. The fraction of sp³-hybridized carbons (Fsp3) is 0.304. The quantitative estimate of drug-likeness (QED) is 0.335. The van der Waals surface area contributed by atoms with Gasteiger partial charge in [0.25, 0.3) is 0 Å². The molecule has 0 fully saturated rings. The van der Waals surface area contributed by atoms with Crippen molar-refractivity contribution in [2.24, 2.45) is 0 Å². The molecule has 1 amide bonds. The van der Waals surface area contributed by atoms with E-state index in [0.29, 0.717) is 24.0 Å². The van der Waals surface area contributed by atoms with Crippen molar-refractivity contribution < 1.29 is 38.3 Å². The number of esters is 2. The highest BCUT2D eigenvalue weighted by Gasteiger charge is 2.37. The van der Waals surface area contributed by atoms with Crippen LogP contribution < -0.4 is 9.97 Å². The van der Waals surface area contributed by atoms with E-state index in [1.165, 1.54) is 13.0 Å². The van der Waals surface area contributed by atoms with Crippen molar-refractivity contribution in [3.8, 4) is 5.75 Å². The molecule has 0 bridgehead atoms. The Labute approximate surface area is 191 Å². The van der Waals surface area contributed by atoms with E-state index in [4.69, 9.17) is 14.1 Å². The summed E-state index contributed by atoms with van der Waals surface area (Å²) >= 11 is 0. The number of Topliss-reactive ketones (excluding diaryl/α,β-unsaturated/α-hetero) is 1. The first-order chi connectivity index (χ1) is 15.8. The number of hydrogen-bond acceptors (Lipinski definition) is 8. The van der Waals surface area contributed by atoms with E-state index in [1.807, 2.05) is 0 Å². The van der Waals surface area contributed by atoms with E-state index < -0.39 is 31.8 Å². The average Bonchev–Trinajstić information content (AvgIpc) is 2.79. The SMILES string of the molecule is CC(=O)CCCC(=O)N[C@H]1Cc2cccc(C(=O)OCOC(=O)c3ccccc3)c2OB1O. The Bertz CT molecular complexity index is 1030. The average molecular weight is 453 g/mol. The summed E-state index contributed by atoms with van der Waals surface area (Å²) in [5.74, 6) is -2.28. The second-order valence-corrected chi connectivity index (χ2v) is 7.58. The maximum atomic E-state index is 12.5. The Kier molecular flexibility index (Phi) is 8.20. The van der Waals surface area contributed by atoms with Gasteiger partial charge < -0.3 is 29.3 Å². The first-order valence-corrected chi connectivity index (χ1v) is 10.5. The van der Waals surface area contributed by atoms with Crippen LogP contribution in [0.5, 0.6) is 5.75 Å². The Hall–Kier alpha value is -3.66.